The fourth-order valence-corrected chi connectivity index (χ4v) is 2.56. The van der Waals surface area contributed by atoms with Gasteiger partial charge in [0.05, 0.1) is 17.8 Å². The second-order valence-corrected chi connectivity index (χ2v) is 7.17. The Morgan fingerprint density at radius 3 is 2.46 bits per heavy atom. The molecule has 1 N–H and O–H groups in total. The SMILES string of the molecule is CC(C)(C)OC(=O)NCc1cn2ccnc2c(-c2ccc(C(F)(F)F)cc2)n1. The van der Waals surface area contributed by atoms with Gasteiger partial charge in [-0.05, 0) is 32.9 Å². The number of halogens is 3. The Kier molecular flexibility index (Phi) is 5.01. The van der Waals surface area contributed by atoms with Crippen LogP contribution in [0.1, 0.15) is 32.0 Å². The Bertz CT molecular complexity index is 989. The maximum atomic E-state index is 12.8. The molecule has 3 aromatic rings. The van der Waals surface area contributed by atoms with Gasteiger partial charge in [0.2, 0.25) is 0 Å². The number of fused-ring (bicyclic) bond motifs is 1. The van der Waals surface area contributed by atoms with Crippen LogP contribution in [0.25, 0.3) is 16.9 Å². The summed E-state index contributed by atoms with van der Waals surface area (Å²) in [5, 5.41) is 2.61. The van der Waals surface area contributed by atoms with Crippen molar-refractivity contribution in [2.75, 3.05) is 0 Å². The maximum Gasteiger partial charge on any atom is 0.416 e. The van der Waals surface area contributed by atoms with Crippen molar-refractivity contribution in [3.63, 3.8) is 0 Å². The van der Waals surface area contributed by atoms with Gasteiger partial charge in [-0.15, -0.1) is 0 Å². The Labute approximate surface area is 159 Å². The van der Waals surface area contributed by atoms with Gasteiger partial charge in [0.25, 0.3) is 0 Å². The van der Waals surface area contributed by atoms with E-state index in [1.54, 1.807) is 43.8 Å². The number of carbonyl (C=O) groups is 1. The average molecular weight is 392 g/mol. The molecule has 3 rings (SSSR count). The third-order valence-electron chi connectivity index (χ3n) is 3.72. The number of hydrogen-bond acceptors (Lipinski definition) is 4. The first kappa shape index (κ1) is 19.7. The van der Waals surface area contributed by atoms with Crippen molar-refractivity contribution in [1.29, 1.82) is 0 Å². The fraction of sp³-hybridized carbons (Fsp3) is 0.316. The predicted octanol–water partition coefficient (Wildman–Crippen LogP) is 4.44. The first-order chi connectivity index (χ1) is 13.0. The summed E-state index contributed by atoms with van der Waals surface area (Å²) in [5.41, 5.74) is 0.549. The van der Waals surface area contributed by atoms with Crippen LogP contribution in [0.2, 0.25) is 0 Å². The Hall–Kier alpha value is -3.10. The zero-order valence-electron chi connectivity index (χ0n) is 15.5. The highest BCUT2D eigenvalue weighted by Gasteiger charge is 2.30. The monoisotopic (exact) mass is 392 g/mol. The molecule has 0 fully saturated rings. The third kappa shape index (κ3) is 4.59. The summed E-state index contributed by atoms with van der Waals surface area (Å²) in [4.78, 5) is 20.5. The lowest BCUT2D eigenvalue weighted by atomic mass is 10.1. The van der Waals surface area contributed by atoms with Gasteiger partial charge in [0.15, 0.2) is 5.65 Å². The van der Waals surface area contributed by atoms with Crippen LogP contribution in [0.4, 0.5) is 18.0 Å². The number of ether oxygens (including phenoxy) is 1. The maximum absolute atomic E-state index is 12.8. The molecule has 28 heavy (non-hydrogen) atoms. The number of alkyl halides is 3. The first-order valence-electron chi connectivity index (χ1n) is 8.50. The molecule has 0 aliphatic rings. The number of alkyl carbamates (subject to hydrolysis) is 1. The van der Waals surface area contributed by atoms with Crippen LogP contribution < -0.4 is 5.32 Å². The second kappa shape index (κ2) is 7.14. The predicted molar refractivity (Wildman–Crippen MR) is 96.5 cm³/mol. The van der Waals surface area contributed by atoms with E-state index in [4.69, 9.17) is 4.74 Å². The van der Waals surface area contributed by atoms with E-state index in [2.05, 4.69) is 15.3 Å². The van der Waals surface area contributed by atoms with Gasteiger partial charge >= 0.3 is 12.3 Å². The minimum absolute atomic E-state index is 0.0939. The standard InChI is InChI=1S/C19H19F3N4O2/c1-18(2,3)28-17(27)24-10-14-11-26-9-8-23-16(26)15(25-14)12-4-6-13(7-5-12)19(20,21)22/h4-9,11H,10H2,1-3H3,(H,24,27). The highest BCUT2D eigenvalue weighted by molar-refractivity contribution is 5.74. The van der Waals surface area contributed by atoms with Crippen LogP contribution in [0, 0.1) is 0 Å². The number of nitrogens with zero attached hydrogens (tertiary/aromatic N) is 3. The molecule has 1 amide bonds. The third-order valence-corrected chi connectivity index (χ3v) is 3.72. The molecule has 0 radical (unpaired) electrons. The van der Waals surface area contributed by atoms with Gasteiger partial charge in [-0.3, -0.25) is 0 Å². The molecule has 2 heterocycles. The Balaban J connectivity index is 1.88. The molecule has 2 aromatic heterocycles. The van der Waals surface area contributed by atoms with Crippen molar-refractivity contribution >= 4 is 11.7 Å². The van der Waals surface area contributed by atoms with E-state index in [0.29, 0.717) is 22.6 Å². The molecule has 0 aliphatic heterocycles. The number of hydrogen-bond donors (Lipinski definition) is 1. The highest BCUT2D eigenvalue weighted by atomic mass is 19.4. The number of imidazole rings is 1. The van der Waals surface area contributed by atoms with Crippen LogP contribution in [0.15, 0.2) is 42.9 Å². The number of nitrogens with one attached hydrogen (secondary N) is 1. The number of aromatic nitrogens is 3. The van der Waals surface area contributed by atoms with Crippen LogP contribution in [-0.4, -0.2) is 26.1 Å². The van der Waals surface area contributed by atoms with Crippen LogP contribution >= 0.6 is 0 Å². The average Bonchev–Trinajstić information content (AvgIpc) is 3.05. The van der Waals surface area contributed by atoms with Crippen molar-refractivity contribution in [3.05, 3.63) is 54.1 Å². The quantitative estimate of drug-likeness (QED) is 0.716. The van der Waals surface area contributed by atoms with Crippen molar-refractivity contribution in [2.45, 2.75) is 39.1 Å². The molecule has 6 nitrogen and oxygen atoms in total. The minimum Gasteiger partial charge on any atom is -0.444 e. The van der Waals surface area contributed by atoms with Crippen LogP contribution in [0.3, 0.4) is 0 Å². The largest absolute Gasteiger partial charge is 0.444 e. The molecule has 1 aromatic carbocycles. The smallest absolute Gasteiger partial charge is 0.416 e. The van der Waals surface area contributed by atoms with Gasteiger partial charge < -0.3 is 14.5 Å². The van der Waals surface area contributed by atoms with Gasteiger partial charge in [0, 0.05) is 24.2 Å². The van der Waals surface area contributed by atoms with E-state index in [1.807, 2.05) is 0 Å². The molecule has 0 atom stereocenters. The summed E-state index contributed by atoms with van der Waals surface area (Å²) in [6.07, 6.45) is -0.0470. The Morgan fingerprint density at radius 2 is 1.86 bits per heavy atom. The summed E-state index contributed by atoms with van der Waals surface area (Å²) in [7, 11) is 0. The summed E-state index contributed by atoms with van der Waals surface area (Å²) in [6, 6.07) is 4.71. The van der Waals surface area contributed by atoms with Crippen molar-refractivity contribution in [2.24, 2.45) is 0 Å². The van der Waals surface area contributed by atoms with E-state index in [-0.39, 0.29) is 6.54 Å². The van der Waals surface area contributed by atoms with Gasteiger partial charge in [-0.2, -0.15) is 13.2 Å². The van der Waals surface area contributed by atoms with Crippen LogP contribution in [0.5, 0.6) is 0 Å². The number of carbonyl (C=O) groups excluding carboxylic acids is 1. The molecule has 0 saturated heterocycles. The Morgan fingerprint density at radius 1 is 1.18 bits per heavy atom. The van der Waals surface area contributed by atoms with Crippen LogP contribution in [-0.2, 0) is 17.5 Å². The molecule has 0 saturated carbocycles. The van der Waals surface area contributed by atoms with Crippen molar-refractivity contribution in [1.82, 2.24) is 19.7 Å². The molecular weight excluding hydrogens is 373 g/mol. The molecule has 0 bridgehead atoms. The lowest BCUT2D eigenvalue weighted by Crippen LogP contribution is -2.32. The van der Waals surface area contributed by atoms with Gasteiger partial charge in [-0.25, -0.2) is 14.8 Å². The fourth-order valence-electron chi connectivity index (χ4n) is 2.56. The van der Waals surface area contributed by atoms with Gasteiger partial charge in [0.1, 0.15) is 11.3 Å². The summed E-state index contributed by atoms with van der Waals surface area (Å²) in [5.74, 6) is 0. The zero-order valence-corrected chi connectivity index (χ0v) is 15.5. The highest BCUT2D eigenvalue weighted by Crippen LogP contribution is 2.31. The topological polar surface area (TPSA) is 68.5 Å². The summed E-state index contributed by atoms with van der Waals surface area (Å²) in [6.45, 7) is 5.36. The van der Waals surface area contributed by atoms with E-state index >= 15 is 0 Å². The number of rotatable bonds is 3. The summed E-state index contributed by atoms with van der Waals surface area (Å²) >= 11 is 0. The van der Waals surface area contributed by atoms with E-state index in [1.165, 1.54) is 12.1 Å². The van der Waals surface area contributed by atoms with E-state index < -0.39 is 23.4 Å². The second-order valence-electron chi connectivity index (χ2n) is 7.17. The molecule has 148 valence electrons. The lowest BCUT2D eigenvalue weighted by molar-refractivity contribution is -0.137. The molecule has 0 spiro atoms. The number of amides is 1. The normalized spacial score (nSPS) is 12.2. The lowest BCUT2D eigenvalue weighted by Gasteiger charge is -2.19. The zero-order chi connectivity index (χ0) is 20.5. The first-order valence-corrected chi connectivity index (χ1v) is 8.50. The van der Waals surface area contributed by atoms with E-state index in [9.17, 15) is 18.0 Å². The molecule has 0 unspecified atom stereocenters. The number of benzene rings is 1. The molecular formula is C19H19F3N4O2. The summed E-state index contributed by atoms with van der Waals surface area (Å²) < 4.78 is 45.3. The van der Waals surface area contributed by atoms with E-state index in [0.717, 1.165) is 12.1 Å². The molecule has 0 aliphatic carbocycles. The van der Waals surface area contributed by atoms with Gasteiger partial charge in [-0.1, -0.05) is 12.1 Å². The van der Waals surface area contributed by atoms with Crippen molar-refractivity contribution < 1.29 is 22.7 Å². The minimum atomic E-state index is -4.41. The molecule has 9 heteroatoms. The van der Waals surface area contributed by atoms with Crippen molar-refractivity contribution in [3.8, 4) is 11.3 Å².